The number of rotatable bonds is 6. The van der Waals surface area contributed by atoms with Crippen LogP contribution in [-0.2, 0) is 16.6 Å². The second-order valence-corrected chi connectivity index (χ2v) is 7.77. The molecule has 2 aliphatic heterocycles. The summed E-state index contributed by atoms with van der Waals surface area (Å²) in [4.78, 5) is 31.2. The number of aryl methyl sites for hydroxylation is 1. The Morgan fingerprint density at radius 1 is 1.35 bits per heavy atom. The molecule has 0 radical (unpaired) electrons. The third-order valence-corrected chi connectivity index (χ3v) is 5.90. The lowest BCUT2D eigenvalue weighted by molar-refractivity contribution is -0.132. The van der Waals surface area contributed by atoms with Crippen molar-refractivity contribution in [2.45, 2.75) is 18.9 Å². The number of aromatic nitrogens is 2. The Hall–Kier alpha value is -1.80. The summed E-state index contributed by atoms with van der Waals surface area (Å²) in [5.74, 6) is 1.64. The van der Waals surface area contributed by atoms with Crippen molar-refractivity contribution in [2.75, 3.05) is 49.1 Å². The molecule has 8 heteroatoms. The quantitative estimate of drug-likeness (QED) is 0.546. The zero-order chi connectivity index (χ0) is 18.5. The Bertz CT molecular complexity index is 654. The Labute approximate surface area is 159 Å². The number of carbonyl (C=O) groups is 2. The van der Waals surface area contributed by atoms with E-state index < -0.39 is 0 Å². The van der Waals surface area contributed by atoms with Gasteiger partial charge in [0, 0.05) is 51.7 Å². The molecule has 2 aliphatic rings. The maximum absolute atomic E-state index is 13.0. The number of piperidine rings is 1. The van der Waals surface area contributed by atoms with Crippen molar-refractivity contribution in [3.63, 3.8) is 0 Å². The molecule has 0 saturated carbocycles. The molecule has 0 aliphatic carbocycles. The van der Waals surface area contributed by atoms with E-state index in [-0.39, 0.29) is 17.9 Å². The number of carbonyl (C=O) groups excluding carboxylic acids is 2. The van der Waals surface area contributed by atoms with Gasteiger partial charge in [0.2, 0.25) is 11.8 Å². The minimum absolute atomic E-state index is 0.0867. The highest BCUT2D eigenvalue weighted by molar-refractivity contribution is 8.00. The van der Waals surface area contributed by atoms with Gasteiger partial charge in [0.25, 0.3) is 0 Å². The summed E-state index contributed by atoms with van der Waals surface area (Å²) in [6.45, 7) is 7.34. The third-order valence-electron chi connectivity index (χ3n) is 4.98. The summed E-state index contributed by atoms with van der Waals surface area (Å²) < 4.78 is 1.72. The van der Waals surface area contributed by atoms with Crippen molar-refractivity contribution in [1.29, 1.82) is 0 Å². The van der Waals surface area contributed by atoms with Crippen LogP contribution in [0.25, 0.3) is 0 Å². The highest BCUT2D eigenvalue weighted by Gasteiger charge is 2.36. The molecule has 0 aromatic carbocycles. The lowest BCUT2D eigenvalue weighted by Gasteiger charge is -2.42. The standard InChI is InChI=1S/C18H27N5O2S/c1-3-11-26-14-17(24)22-9-7-21(8-10-22)16-5-4-6-23(18(16)25)15-12-19-20(2)13-15/h3,12-13,16H,1,4-11,14H2,2H3/t16-/m1/s1. The van der Waals surface area contributed by atoms with Crippen molar-refractivity contribution in [2.24, 2.45) is 7.05 Å². The predicted molar refractivity (Wildman–Crippen MR) is 104 cm³/mol. The Morgan fingerprint density at radius 3 is 2.77 bits per heavy atom. The summed E-state index contributed by atoms with van der Waals surface area (Å²) in [7, 11) is 1.86. The number of piperazine rings is 1. The Morgan fingerprint density at radius 2 is 2.12 bits per heavy atom. The molecule has 3 rings (SSSR count). The SMILES string of the molecule is C=CCSCC(=O)N1CCN([C@@H]2CCCN(c3cnn(C)c3)C2=O)CC1. The highest BCUT2D eigenvalue weighted by Crippen LogP contribution is 2.24. The molecule has 2 fully saturated rings. The van der Waals surface area contributed by atoms with Crippen LogP contribution in [0.1, 0.15) is 12.8 Å². The number of thioether (sulfide) groups is 1. The van der Waals surface area contributed by atoms with E-state index in [1.165, 1.54) is 0 Å². The van der Waals surface area contributed by atoms with Crippen molar-refractivity contribution < 1.29 is 9.59 Å². The molecule has 7 nitrogen and oxygen atoms in total. The molecule has 1 aromatic heterocycles. The number of hydrogen-bond donors (Lipinski definition) is 0. The van der Waals surface area contributed by atoms with Gasteiger partial charge >= 0.3 is 0 Å². The molecule has 1 atom stereocenters. The van der Waals surface area contributed by atoms with Crippen LogP contribution in [0.4, 0.5) is 5.69 Å². The second-order valence-electron chi connectivity index (χ2n) is 6.74. The smallest absolute Gasteiger partial charge is 0.244 e. The maximum Gasteiger partial charge on any atom is 0.244 e. The fraction of sp³-hybridized carbons (Fsp3) is 0.611. The Kier molecular flexibility index (Phi) is 6.37. The maximum atomic E-state index is 13.0. The fourth-order valence-corrected chi connectivity index (χ4v) is 4.24. The van der Waals surface area contributed by atoms with E-state index in [1.807, 2.05) is 29.1 Å². The van der Waals surface area contributed by atoms with Crippen LogP contribution in [0.15, 0.2) is 25.0 Å². The molecular formula is C18H27N5O2S. The molecule has 2 amide bonds. The molecule has 0 N–H and O–H groups in total. The van der Waals surface area contributed by atoms with Crippen LogP contribution < -0.4 is 4.90 Å². The van der Waals surface area contributed by atoms with E-state index in [4.69, 9.17) is 0 Å². The van der Waals surface area contributed by atoms with E-state index in [1.54, 1.807) is 22.6 Å². The van der Waals surface area contributed by atoms with Gasteiger partial charge in [0.15, 0.2) is 0 Å². The summed E-state index contributed by atoms with van der Waals surface area (Å²) >= 11 is 1.59. The number of amides is 2. The molecule has 0 unspecified atom stereocenters. The fourth-order valence-electron chi connectivity index (χ4n) is 3.60. The van der Waals surface area contributed by atoms with E-state index in [9.17, 15) is 9.59 Å². The summed E-state index contributed by atoms with van der Waals surface area (Å²) in [5, 5.41) is 4.18. The van der Waals surface area contributed by atoms with Crippen molar-refractivity contribution >= 4 is 29.3 Å². The Balaban J connectivity index is 1.54. The summed E-state index contributed by atoms with van der Waals surface area (Å²) in [5.41, 5.74) is 0.871. The average molecular weight is 378 g/mol. The van der Waals surface area contributed by atoms with Gasteiger partial charge in [0.05, 0.1) is 23.7 Å². The van der Waals surface area contributed by atoms with Gasteiger partial charge in [-0.3, -0.25) is 19.2 Å². The first-order valence-corrected chi connectivity index (χ1v) is 10.3. The summed E-state index contributed by atoms with van der Waals surface area (Å²) in [6, 6.07) is -0.0867. The number of anilines is 1. The first-order valence-electron chi connectivity index (χ1n) is 9.10. The van der Waals surface area contributed by atoms with E-state index in [0.29, 0.717) is 18.8 Å². The van der Waals surface area contributed by atoms with Crippen molar-refractivity contribution in [3.8, 4) is 0 Å². The lowest BCUT2D eigenvalue weighted by atomic mass is 10.0. The van der Waals surface area contributed by atoms with Gasteiger partial charge in [-0.15, -0.1) is 18.3 Å². The third kappa shape index (κ3) is 4.29. The molecule has 142 valence electrons. The molecule has 0 spiro atoms. The second kappa shape index (κ2) is 8.73. The zero-order valence-corrected chi connectivity index (χ0v) is 16.2. The van der Waals surface area contributed by atoms with E-state index in [0.717, 1.165) is 43.9 Å². The molecule has 3 heterocycles. The van der Waals surface area contributed by atoms with Crippen molar-refractivity contribution in [1.82, 2.24) is 19.6 Å². The minimum atomic E-state index is -0.0867. The number of hydrogen-bond acceptors (Lipinski definition) is 5. The first-order chi connectivity index (χ1) is 12.6. The highest BCUT2D eigenvalue weighted by atomic mass is 32.2. The van der Waals surface area contributed by atoms with Crippen molar-refractivity contribution in [3.05, 3.63) is 25.0 Å². The molecule has 26 heavy (non-hydrogen) atoms. The monoisotopic (exact) mass is 377 g/mol. The van der Waals surface area contributed by atoms with Crippen LogP contribution >= 0.6 is 11.8 Å². The lowest BCUT2D eigenvalue weighted by Crippen LogP contribution is -2.58. The van der Waals surface area contributed by atoms with Gasteiger partial charge < -0.3 is 9.80 Å². The molecule has 2 saturated heterocycles. The van der Waals surface area contributed by atoms with E-state index in [2.05, 4.69) is 16.6 Å². The normalized spacial score (nSPS) is 21.9. The molecule has 0 bridgehead atoms. The van der Waals surface area contributed by atoms with Gasteiger partial charge in [-0.2, -0.15) is 5.10 Å². The van der Waals surface area contributed by atoms with Crippen LogP contribution in [0.2, 0.25) is 0 Å². The van der Waals surface area contributed by atoms with Crippen LogP contribution in [0, 0.1) is 0 Å². The van der Waals surface area contributed by atoms with Crippen LogP contribution in [0.3, 0.4) is 0 Å². The molecule has 1 aromatic rings. The van der Waals surface area contributed by atoms with Crippen LogP contribution in [0.5, 0.6) is 0 Å². The van der Waals surface area contributed by atoms with E-state index >= 15 is 0 Å². The van der Waals surface area contributed by atoms with Gasteiger partial charge in [-0.05, 0) is 12.8 Å². The predicted octanol–water partition coefficient (Wildman–Crippen LogP) is 0.979. The van der Waals surface area contributed by atoms with Gasteiger partial charge in [-0.1, -0.05) is 6.08 Å². The average Bonchev–Trinajstić information content (AvgIpc) is 3.08. The topological polar surface area (TPSA) is 61.7 Å². The van der Waals surface area contributed by atoms with Gasteiger partial charge in [-0.25, -0.2) is 0 Å². The largest absolute Gasteiger partial charge is 0.339 e. The molecular weight excluding hydrogens is 350 g/mol. The number of nitrogens with zero attached hydrogens (tertiary/aromatic N) is 5. The van der Waals surface area contributed by atoms with Gasteiger partial charge in [0.1, 0.15) is 0 Å². The zero-order valence-electron chi connectivity index (χ0n) is 15.3. The summed E-state index contributed by atoms with van der Waals surface area (Å²) in [6.07, 6.45) is 7.33. The minimum Gasteiger partial charge on any atom is -0.339 e. The first kappa shape index (κ1) is 19.0. The van der Waals surface area contributed by atoms with Crippen LogP contribution in [-0.4, -0.2) is 81.7 Å².